The van der Waals surface area contributed by atoms with Crippen molar-refractivity contribution in [2.75, 3.05) is 5.32 Å². The second kappa shape index (κ2) is 7.05. The fourth-order valence-corrected chi connectivity index (χ4v) is 3.75. The number of aromatic carboxylic acids is 1. The molecule has 0 aliphatic heterocycles. The third-order valence-corrected chi connectivity index (χ3v) is 5.24. The van der Waals surface area contributed by atoms with Crippen LogP contribution in [0.15, 0.2) is 78.2 Å². The van der Waals surface area contributed by atoms with Gasteiger partial charge in [-0.05, 0) is 51.5 Å². The number of para-hydroxylation sites is 1. The van der Waals surface area contributed by atoms with Crippen LogP contribution in [0.3, 0.4) is 0 Å². The summed E-state index contributed by atoms with van der Waals surface area (Å²) in [6, 6.07) is 22.5. The van der Waals surface area contributed by atoms with E-state index < -0.39 is 5.97 Å². The highest BCUT2D eigenvalue weighted by Crippen LogP contribution is 2.29. The lowest BCUT2D eigenvalue weighted by molar-refractivity contribution is 0.0698. The van der Waals surface area contributed by atoms with Gasteiger partial charge >= 0.3 is 5.97 Å². The Balaban J connectivity index is 1.60. The minimum absolute atomic E-state index is 0.0668. The molecular weight excluding hydrogens is 358 g/mol. The quantitative estimate of drug-likeness (QED) is 0.495. The zero-order chi connectivity index (χ0) is 18.8. The second-order valence-electron chi connectivity index (χ2n) is 6.07. The molecule has 4 nitrogen and oxygen atoms in total. The highest BCUT2D eigenvalue weighted by molar-refractivity contribution is 7.12. The Morgan fingerprint density at radius 2 is 1.56 bits per heavy atom. The van der Waals surface area contributed by atoms with E-state index in [1.165, 1.54) is 22.8 Å². The molecule has 1 amide bonds. The van der Waals surface area contributed by atoms with Crippen molar-refractivity contribution >= 4 is 39.7 Å². The van der Waals surface area contributed by atoms with Crippen LogP contribution in [0.2, 0.25) is 0 Å². The summed E-state index contributed by atoms with van der Waals surface area (Å²) in [6.45, 7) is 0. The number of carboxylic acid groups (broad SMARTS) is 1. The molecule has 0 fully saturated rings. The van der Waals surface area contributed by atoms with Crippen molar-refractivity contribution in [3.63, 3.8) is 0 Å². The van der Waals surface area contributed by atoms with E-state index in [-0.39, 0.29) is 17.2 Å². The van der Waals surface area contributed by atoms with E-state index in [9.17, 15) is 14.7 Å². The van der Waals surface area contributed by atoms with E-state index in [1.54, 1.807) is 18.2 Å². The largest absolute Gasteiger partial charge is 0.478 e. The van der Waals surface area contributed by atoms with Gasteiger partial charge in [0.15, 0.2) is 0 Å². The van der Waals surface area contributed by atoms with E-state index >= 15 is 0 Å². The van der Waals surface area contributed by atoms with Gasteiger partial charge in [-0.1, -0.05) is 48.5 Å². The van der Waals surface area contributed by atoms with Gasteiger partial charge in [-0.15, -0.1) is 11.3 Å². The van der Waals surface area contributed by atoms with Crippen molar-refractivity contribution in [3.05, 3.63) is 88.6 Å². The van der Waals surface area contributed by atoms with Gasteiger partial charge in [-0.25, -0.2) is 4.79 Å². The molecule has 0 saturated carbocycles. The Morgan fingerprint density at radius 3 is 2.37 bits per heavy atom. The fraction of sp³-hybridized carbons (Fsp3) is 0. The smallest absolute Gasteiger partial charge is 0.337 e. The number of nitrogens with one attached hydrogen (secondary N) is 1. The number of fused-ring (bicyclic) bond motifs is 1. The predicted octanol–water partition coefficient (Wildman–Crippen LogP) is 5.52. The van der Waals surface area contributed by atoms with Gasteiger partial charge < -0.3 is 10.4 Å². The number of carbonyl (C=O) groups is 2. The zero-order valence-corrected chi connectivity index (χ0v) is 15.0. The molecule has 0 bridgehead atoms. The molecule has 0 radical (unpaired) electrons. The molecule has 1 aromatic heterocycles. The Kier molecular flexibility index (Phi) is 4.44. The number of rotatable bonds is 4. The molecule has 5 heteroatoms. The number of thiophene rings is 1. The first kappa shape index (κ1) is 17.0. The summed E-state index contributed by atoms with van der Waals surface area (Å²) in [5, 5.41) is 16.2. The number of benzene rings is 3. The van der Waals surface area contributed by atoms with Crippen molar-refractivity contribution in [1.29, 1.82) is 0 Å². The molecule has 4 rings (SSSR count). The molecular formula is C22H15NO3S. The van der Waals surface area contributed by atoms with Crippen molar-refractivity contribution in [2.24, 2.45) is 0 Å². The lowest BCUT2D eigenvalue weighted by Crippen LogP contribution is -2.13. The molecule has 0 unspecified atom stereocenters. The lowest BCUT2D eigenvalue weighted by atomic mass is 10.0. The third kappa shape index (κ3) is 3.45. The maximum atomic E-state index is 12.6. The molecule has 0 aliphatic carbocycles. The number of hydrogen-bond donors (Lipinski definition) is 2. The number of carbonyl (C=O) groups excluding carboxylic acids is 1. The molecule has 4 aromatic rings. The Hall–Kier alpha value is -3.44. The van der Waals surface area contributed by atoms with Gasteiger partial charge in [0.05, 0.1) is 16.1 Å². The van der Waals surface area contributed by atoms with Gasteiger partial charge in [-0.3, -0.25) is 4.79 Å². The standard InChI is InChI=1S/C22H15NO3S/c24-21(23-19-8-4-3-7-18(19)22(25)26)20-12-17(13-27-20)16-10-9-14-5-1-2-6-15(14)11-16/h1-13H,(H,23,24)(H,25,26). The predicted molar refractivity (Wildman–Crippen MR) is 109 cm³/mol. The first-order valence-corrected chi connectivity index (χ1v) is 9.21. The topological polar surface area (TPSA) is 66.4 Å². The van der Waals surface area contributed by atoms with E-state index in [1.807, 2.05) is 29.6 Å². The van der Waals surface area contributed by atoms with Gasteiger partial charge in [-0.2, -0.15) is 0 Å². The molecule has 27 heavy (non-hydrogen) atoms. The molecule has 0 saturated heterocycles. The van der Waals surface area contributed by atoms with Gasteiger partial charge in [0.1, 0.15) is 0 Å². The van der Waals surface area contributed by atoms with Crippen LogP contribution in [-0.2, 0) is 0 Å². The summed E-state index contributed by atoms with van der Waals surface area (Å²) >= 11 is 1.33. The average molecular weight is 373 g/mol. The fourth-order valence-electron chi connectivity index (χ4n) is 2.94. The summed E-state index contributed by atoms with van der Waals surface area (Å²) in [5.74, 6) is -1.39. The minimum Gasteiger partial charge on any atom is -0.478 e. The van der Waals surface area contributed by atoms with Gasteiger partial charge in [0.25, 0.3) is 5.91 Å². The second-order valence-corrected chi connectivity index (χ2v) is 6.98. The summed E-state index contributed by atoms with van der Waals surface area (Å²) in [6.07, 6.45) is 0. The van der Waals surface area contributed by atoms with Gasteiger partial charge in [0, 0.05) is 0 Å². The minimum atomic E-state index is -1.08. The maximum Gasteiger partial charge on any atom is 0.337 e. The zero-order valence-electron chi connectivity index (χ0n) is 14.2. The molecule has 0 atom stereocenters. The Bertz CT molecular complexity index is 1160. The van der Waals surface area contributed by atoms with Crippen LogP contribution >= 0.6 is 11.3 Å². The van der Waals surface area contributed by atoms with Crippen LogP contribution in [0.4, 0.5) is 5.69 Å². The molecule has 1 heterocycles. The van der Waals surface area contributed by atoms with Crippen molar-refractivity contribution in [2.45, 2.75) is 0 Å². The van der Waals surface area contributed by atoms with Crippen LogP contribution in [0.25, 0.3) is 21.9 Å². The highest BCUT2D eigenvalue weighted by atomic mass is 32.1. The maximum absolute atomic E-state index is 12.6. The first-order chi connectivity index (χ1) is 13.1. The summed E-state index contributed by atoms with van der Waals surface area (Å²) in [5.41, 5.74) is 2.35. The van der Waals surface area contributed by atoms with Crippen molar-refractivity contribution < 1.29 is 14.7 Å². The van der Waals surface area contributed by atoms with Crippen LogP contribution in [-0.4, -0.2) is 17.0 Å². The number of anilines is 1. The summed E-state index contributed by atoms with van der Waals surface area (Å²) < 4.78 is 0. The van der Waals surface area contributed by atoms with Gasteiger partial charge in [0.2, 0.25) is 0 Å². The highest BCUT2D eigenvalue weighted by Gasteiger charge is 2.15. The van der Waals surface area contributed by atoms with Crippen LogP contribution in [0.5, 0.6) is 0 Å². The number of carboxylic acids is 1. The molecule has 2 N–H and O–H groups in total. The Labute approximate surface area is 159 Å². The summed E-state index contributed by atoms with van der Waals surface area (Å²) in [7, 11) is 0. The van der Waals surface area contributed by atoms with E-state index in [0.29, 0.717) is 4.88 Å². The molecule has 132 valence electrons. The van der Waals surface area contributed by atoms with Crippen molar-refractivity contribution in [1.82, 2.24) is 0 Å². The molecule has 0 spiro atoms. The van der Waals surface area contributed by atoms with E-state index in [0.717, 1.165) is 16.5 Å². The van der Waals surface area contributed by atoms with E-state index in [2.05, 4.69) is 29.6 Å². The third-order valence-electron chi connectivity index (χ3n) is 4.31. The van der Waals surface area contributed by atoms with E-state index in [4.69, 9.17) is 0 Å². The van der Waals surface area contributed by atoms with Crippen LogP contribution < -0.4 is 5.32 Å². The van der Waals surface area contributed by atoms with Crippen LogP contribution in [0.1, 0.15) is 20.0 Å². The Morgan fingerprint density at radius 1 is 0.815 bits per heavy atom. The lowest BCUT2D eigenvalue weighted by Gasteiger charge is -2.06. The first-order valence-electron chi connectivity index (χ1n) is 8.33. The monoisotopic (exact) mass is 373 g/mol. The summed E-state index contributed by atoms with van der Waals surface area (Å²) in [4.78, 5) is 24.4. The molecule has 3 aromatic carbocycles. The number of hydrogen-bond acceptors (Lipinski definition) is 3. The van der Waals surface area contributed by atoms with Crippen LogP contribution in [0, 0.1) is 0 Å². The normalized spacial score (nSPS) is 10.7. The molecule has 0 aliphatic rings. The average Bonchev–Trinajstić information content (AvgIpc) is 3.18. The SMILES string of the molecule is O=C(Nc1ccccc1C(=O)O)c1cc(-c2ccc3ccccc3c2)cs1. The number of amides is 1. The van der Waals surface area contributed by atoms with Crippen molar-refractivity contribution in [3.8, 4) is 11.1 Å².